The second-order valence-electron chi connectivity index (χ2n) is 5.83. The molecular formula is C16H21BrN4O2S. The Kier molecular flexibility index (Phi) is 5.70. The van der Waals surface area contributed by atoms with Gasteiger partial charge < -0.3 is 9.64 Å². The number of nitrogens with zero attached hydrogens (tertiary/aromatic N) is 4. The van der Waals surface area contributed by atoms with Crippen LogP contribution < -0.4 is 10.5 Å². The Labute approximate surface area is 153 Å². The van der Waals surface area contributed by atoms with E-state index in [9.17, 15) is 4.79 Å². The van der Waals surface area contributed by atoms with Gasteiger partial charge in [-0.1, -0.05) is 6.07 Å². The van der Waals surface area contributed by atoms with Crippen molar-refractivity contribution in [3.8, 4) is 0 Å². The molecular weight excluding hydrogens is 392 g/mol. The van der Waals surface area contributed by atoms with Crippen molar-refractivity contribution in [2.45, 2.75) is 6.04 Å². The van der Waals surface area contributed by atoms with Gasteiger partial charge in [0.15, 0.2) is 0 Å². The van der Waals surface area contributed by atoms with Crippen LogP contribution in [-0.4, -0.2) is 54.6 Å². The van der Waals surface area contributed by atoms with Gasteiger partial charge >= 0.3 is 0 Å². The lowest BCUT2D eigenvalue weighted by Crippen LogP contribution is -2.43. The lowest BCUT2D eigenvalue weighted by Gasteiger charge is -2.36. The summed E-state index contributed by atoms with van der Waals surface area (Å²) in [5.74, 6) is 0. The fraction of sp³-hybridized carbons (Fsp3) is 0.500. The molecule has 0 N–H and O–H groups in total. The third-order valence-electron chi connectivity index (χ3n) is 4.28. The number of morpholine rings is 1. The molecule has 6 nitrogen and oxygen atoms in total. The van der Waals surface area contributed by atoms with E-state index >= 15 is 0 Å². The summed E-state index contributed by atoms with van der Waals surface area (Å²) >= 11 is 5.19. The van der Waals surface area contributed by atoms with Crippen molar-refractivity contribution in [2.75, 3.05) is 44.8 Å². The Bertz CT molecular complexity index is 728. The molecule has 0 radical (unpaired) electrons. The third kappa shape index (κ3) is 3.72. The van der Waals surface area contributed by atoms with Gasteiger partial charge in [0.1, 0.15) is 4.47 Å². The van der Waals surface area contributed by atoms with E-state index in [1.165, 1.54) is 9.56 Å². The molecule has 1 atom stereocenters. The van der Waals surface area contributed by atoms with E-state index in [4.69, 9.17) is 4.74 Å². The van der Waals surface area contributed by atoms with Crippen molar-refractivity contribution >= 4 is 33.0 Å². The Hall–Kier alpha value is -1.22. The maximum absolute atomic E-state index is 12.1. The Balaban J connectivity index is 1.84. The quantitative estimate of drug-likeness (QED) is 0.752. The first-order valence-electron chi connectivity index (χ1n) is 7.86. The molecule has 2 aromatic heterocycles. The molecule has 0 amide bonds. The molecule has 3 rings (SSSR count). The summed E-state index contributed by atoms with van der Waals surface area (Å²) in [5, 5.41) is 6.25. The molecule has 1 aliphatic rings. The second-order valence-corrected chi connectivity index (χ2v) is 7.60. The SMILES string of the molecule is CN(CC(c1cccs1)N1CCOCC1)c1cnn(C)c(=O)c1Br. The zero-order chi connectivity index (χ0) is 17.1. The van der Waals surface area contributed by atoms with Crippen LogP contribution in [0.15, 0.2) is 33.0 Å². The molecule has 1 fully saturated rings. The zero-order valence-corrected chi connectivity index (χ0v) is 16.2. The first-order chi connectivity index (χ1) is 11.6. The van der Waals surface area contributed by atoms with Crippen LogP contribution in [0.1, 0.15) is 10.9 Å². The fourth-order valence-electron chi connectivity index (χ4n) is 2.88. The van der Waals surface area contributed by atoms with Crippen LogP contribution in [0.25, 0.3) is 0 Å². The molecule has 1 saturated heterocycles. The average molecular weight is 413 g/mol. The number of aromatic nitrogens is 2. The minimum atomic E-state index is -0.126. The highest BCUT2D eigenvalue weighted by Gasteiger charge is 2.25. The highest BCUT2D eigenvalue weighted by Crippen LogP contribution is 2.29. The summed E-state index contributed by atoms with van der Waals surface area (Å²) in [6.07, 6.45) is 1.73. The van der Waals surface area contributed by atoms with Gasteiger partial charge in [-0.15, -0.1) is 11.3 Å². The highest BCUT2D eigenvalue weighted by atomic mass is 79.9. The largest absolute Gasteiger partial charge is 0.379 e. The minimum Gasteiger partial charge on any atom is -0.379 e. The van der Waals surface area contributed by atoms with E-state index in [0.29, 0.717) is 4.47 Å². The monoisotopic (exact) mass is 412 g/mol. The van der Waals surface area contributed by atoms with Gasteiger partial charge in [0.05, 0.1) is 31.1 Å². The van der Waals surface area contributed by atoms with E-state index in [1.54, 1.807) is 24.6 Å². The van der Waals surface area contributed by atoms with Gasteiger partial charge in [-0.2, -0.15) is 5.10 Å². The van der Waals surface area contributed by atoms with Crippen LogP contribution in [0, 0.1) is 0 Å². The van der Waals surface area contributed by atoms with Gasteiger partial charge in [0, 0.05) is 38.6 Å². The topological polar surface area (TPSA) is 50.6 Å². The van der Waals surface area contributed by atoms with Crippen molar-refractivity contribution in [1.29, 1.82) is 0 Å². The number of rotatable bonds is 5. The number of aryl methyl sites for hydroxylation is 1. The smallest absolute Gasteiger partial charge is 0.282 e. The lowest BCUT2D eigenvalue weighted by molar-refractivity contribution is 0.0184. The van der Waals surface area contributed by atoms with E-state index in [0.717, 1.165) is 38.5 Å². The maximum atomic E-state index is 12.1. The fourth-order valence-corrected chi connectivity index (χ4v) is 4.40. The predicted molar refractivity (Wildman–Crippen MR) is 99.9 cm³/mol. The summed E-state index contributed by atoms with van der Waals surface area (Å²) in [6, 6.07) is 4.54. The number of thiophene rings is 1. The molecule has 3 heterocycles. The van der Waals surface area contributed by atoms with Crippen LogP contribution in [-0.2, 0) is 11.8 Å². The molecule has 130 valence electrons. The van der Waals surface area contributed by atoms with Crippen molar-refractivity contribution in [1.82, 2.24) is 14.7 Å². The Morgan fingerprint density at radius 2 is 2.21 bits per heavy atom. The first kappa shape index (κ1) is 17.6. The molecule has 0 bridgehead atoms. The normalized spacial score (nSPS) is 17.0. The van der Waals surface area contributed by atoms with Crippen molar-refractivity contribution in [3.63, 3.8) is 0 Å². The van der Waals surface area contributed by atoms with Crippen LogP contribution in [0.3, 0.4) is 0 Å². The summed E-state index contributed by atoms with van der Waals surface area (Å²) in [6.45, 7) is 4.16. The van der Waals surface area contributed by atoms with E-state index < -0.39 is 0 Å². The molecule has 0 saturated carbocycles. The average Bonchev–Trinajstić information content (AvgIpc) is 3.12. The van der Waals surface area contributed by atoms with E-state index in [1.807, 2.05) is 7.05 Å². The number of anilines is 1. The van der Waals surface area contributed by atoms with Crippen molar-refractivity contribution in [3.05, 3.63) is 43.4 Å². The second kappa shape index (κ2) is 7.77. The molecule has 8 heteroatoms. The number of ether oxygens (including phenoxy) is 1. The summed E-state index contributed by atoms with van der Waals surface area (Å²) in [7, 11) is 3.65. The maximum Gasteiger partial charge on any atom is 0.282 e. The van der Waals surface area contributed by atoms with Gasteiger partial charge in [0.2, 0.25) is 0 Å². The van der Waals surface area contributed by atoms with Crippen LogP contribution in [0.4, 0.5) is 5.69 Å². The van der Waals surface area contributed by atoms with Gasteiger partial charge in [-0.25, -0.2) is 4.68 Å². The molecule has 0 spiro atoms. The molecule has 0 aromatic carbocycles. The lowest BCUT2D eigenvalue weighted by atomic mass is 10.1. The molecule has 0 aliphatic carbocycles. The number of likely N-dealkylation sites (N-methyl/N-ethyl adjacent to an activating group) is 1. The molecule has 1 aliphatic heterocycles. The van der Waals surface area contributed by atoms with Crippen molar-refractivity contribution < 1.29 is 4.74 Å². The molecule has 24 heavy (non-hydrogen) atoms. The van der Waals surface area contributed by atoms with Crippen molar-refractivity contribution in [2.24, 2.45) is 7.05 Å². The van der Waals surface area contributed by atoms with Crippen LogP contribution in [0.5, 0.6) is 0 Å². The minimum absolute atomic E-state index is 0.126. The predicted octanol–water partition coefficient (Wildman–Crippen LogP) is 2.11. The Morgan fingerprint density at radius 1 is 1.46 bits per heavy atom. The van der Waals surface area contributed by atoms with Crippen LogP contribution in [0.2, 0.25) is 0 Å². The van der Waals surface area contributed by atoms with E-state index in [-0.39, 0.29) is 11.6 Å². The van der Waals surface area contributed by atoms with Gasteiger partial charge in [-0.05, 0) is 27.4 Å². The summed E-state index contributed by atoms with van der Waals surface area (Å²) < 4.78 is 7.38. The van der Waals surface area contributed by atoms with Gasteiger partial charge in [0.25, 0.3) is 5.56 Å². The molecule has 1 unspecified atom stereocenters. The number of hydrogen-bond acceptors (Lipinski definition) is 6. The summed E-state index contributed by atoms with van der Waals surface area (Å²) in [5.41, 5.74) is 0.686. The highest BCUT2D eigenvalue weighted by molar-refractivity contribution is 9.10. The Morgan fingerprint density at radius 3 is 2.88 bits per heavy atom. The van der Waals surface area contributed by atoms with Gasteiger partial charge in [-0.3, -0.25) is 9.69 Å². The number of halogens is 1. The third-order valence-corrected chi connectivity index (χ3v) is 5.99. The van der Waals surface area contributed by atoms with E-state index in [2.05, 4.69) is 48.3 Å². The zero-order valence-electron chi connectivity index (χ0n) is 13.8. The molecule has 2 aromatic rings. The standard InChI is InChI=1S/C16H21BrN4O2S/c1-19(12-10-18-20(2)16(22)15(12)17)11-13(14-4-3-9-24-14)21-5-7-23-8-6-21/h3-4,9-10,13H,5-8,11H2,1-2H3. The first-order valence-corrected chi connectivity index (χ1v) is 9.53. The van der Waals surface area contributed by atoms with Crippen LogP contribution >= 0.6 is 27.3 Å². The summed E-state index contributed by atoms with van der Waals surface area (Å²) in [4.78, 5) is 18.0. The number of hydrogen-bond donors (Lipinski definition) is 0.